The van der Waals surface area contributed by atoms with Gasteiger partial charge in [0.05, 0.1) is 11.4 Å². The quantitative estimate of drug-likeness (QED) is 0.192. The molecule has 0 spiro atoms. The average molecular weight is 557 g/mol. The Bertz CT molecular complexity index is 1780. The maximum absolute atomic E-state index is 13.5. The second-order valence-corrected chi connectivity index (χ2v) is 10.5. The lowest BCUT2D eigenvalue weighted by molar-refractivity contribution is -0.123. The zero-order valence-corrected chi connectivity index (χ0v) is 22.2. The number of ether oxygens (including phenoxy) is 1. The van der Waals surface area contributed by atoms with Crippen molar-refractivity contribution < 1.29 is 18.7 Å². The van der Waals surface area contributed by atoms with Crippen molar-refractivity contribution in [2.24, 2.45) is 0 Å². The molecular formula is C31H22ClFN2O3S. The molecule has 1 fully saturated rings. The topological polar surface area (TPSA) is 51.5 Å². The second kappa shape index (κ2) is 10.6. The number of amides is 2. The molecule has 0 unspecified atom stereocenters. The van der Waals surface area contributed by atoms with E-state index in [1.807, 2.05) is 77.5 Å². The van der Waals surface area contributed by atoms with Crippen LogP contribution in [0, 0.1) is 5.82 Å². The lowest BCUT2D eigenvalue weighted by atomic mass is 10.1. The number of hydrogen-bond acceptors (Lipinski definition) is 4. The molecular weight excluding hydrogens is 535 g/mol. The Balaban J connectivity index is 1.21. The first-order valence-electron chi connectivity index (χ1n) is 12.4. The largest absolute Gasteiger partial charge is 0.491 e. The van der Waals surface area contributed by atoms with Gasteiger partial charge in [0, 0.05) is 39.6 Å². The van der Waals surface area contributed by atoms with E-state index in [-0.39, 0.29) is 30.1 Å². The van der Waals surface area contributed by atoms with Crippen LogP contribution in [0.2, 0.25) is 5.02 Å². The highest BCUT2D eigenvalue weighted by molar-refractivity contribution is 8.18. The molecule has 0 bridgehead atoms. The predicted octanol–water partition coefficient (Wildman–Crippen LogP) is 7.75. The highest BCUT2D eigenvalue weighted by Gasteiger charge is 2.35. The maximum atomic E-state index is 13.5. The van der Waals surface area contributed by atoms with Crippen molar-refractivity contribution in [1.29, 1.82) is 0 Å². The fourth-order valence-electron chi connectivity index (χ4n) is 4.76. The maximum Gasteiger partial charge on any atom is 0.293 e. The number of halogens is 2. The molecule has 0 aliphatic carbocycles. The zero-order valence-electron chi connectivity index (χ0n) is 20.6. The molecule has 0 N–H and O–H groups in total. The number of thioether (sulfide) groups is 1. The van der Waals surface area contributed by atoms with E-state index in [0.717, 1.165) is 44.6 Å². The summed E-state index contributed by atoms with van der Waals surface area (Å²) in [6.07, 6.45) is 3.67. The predicted molar refractivity (Wildman–Crippen MR) is 155 cm³/mol. The van der Waals surface area contributed by atoms with Gasteiger partial charge in [0.2, 0.25) is 0 Å². The van der Waals surface area contributed by atoms with Crippen LogP contribution in [0.4, 0.5) is 9.18 Å². The van der Waals surface area contributed by atoms with Gasteiger partial charge in [-0.15, -0.1) is 0 Å². The van der Waals surface area contributed by atoms with Gasteiger partial charge in [0.1, 0.15) is 18.2 Å². The summed E-state index contributed by atoms with van der Waals surface area (Å²) in [5, 5.41) is 3.00. The third kappa shape index (κ3) is 5.03. The van der Waals surface area contributed by atoms with E-state index in [1.165, 1.54) is 17.0 Å². The zero-order chi connectivity index (χ0) is 26.9. The number of imide groups is 1. The average Bonchev–Trinajstić information content (AvgIpc) is 3.42. The minimum atomic E-state index is -0.389. The molecule has 1 aliphatic heterocycles. The first-order valence-corrected chi connectivity index (χ1v) is 13.5. The standard InChI is InChI=1S/C31H22ClFN2O3S/c32-26-17-23(33)13-12-21(26)18-34-19-22(24-8-3-4-10-27(24)34)16-29-30(36)35(31(37)39-29)14-15-38-28-11-5-7-20-6-1-2-9-25(20)28/h1-13,16-17,19H,14-15,18H2/b29-16-. The number of carbonyl (C=O) groups is 2. The molecule has 194 valence electrons. The van der Waals surface area contributed by atoms with Crippen molar-refractivity contribution in [2.75, 3.05) is 13.2 Å². The lowest BCUT2D eigenvalue weighted by Crippen LogP contribution is -2.32. The Morgan fingerprint density at radius 2 is 1.69 bits per heavy atom. The molecule has 8 heteroatoms. The monoisotopic (exact) mass is 556 g/mol. The lowest BCUT2D eigenvalue weighted by Gasteiger charge is -2.14. The van der Waals surface area contributed by atoms with Crippen LogP contribution in [-0.4, -0.2) is 33.8 Å². The van der Waals surface area contributed by atoms with Gasteiger partial charge in [-0.2, -0.15) is 0 Å². The van der Waals surface area contributed by atoms with Gasteiger partial charge in [-0.25, -0.2) is 4.39 Å². The van der Waals surface area contributed by atoms with Gasteiger partial charge in [0.25, 0.3) is 11.1 Å². The highest BCUT2D eigenvalue weighted by Crippen LogP contribution is 2.35. The van der Waals surface area contributed by atoms with E-state index in [1.54, 1.807) is 12.1 Å². The Kier molecular flexibility index (Phi) is 6.85. The van der Waals surface area contributed by atoms with E-state index in [0.29, 0.717) is 22.2 Å². The minimum Gasteiger partial charge on any atom is -0.491 e. The molecule has 0 atom stereocenters. The number of benzene rings is 4. The van der Waals surface area contributed by atoms with Gasteiger partial charge < -0.3 is 9.30 Å². The highest BCUT2D eigenvalue weighted by atomic mass is 35.5. The van der Waals surface area contributed by atoms with Crippen LogP contribution in [0.3, 0.4) is 0 Å². The van der Waals surface area contributed by atoms with E-state index in [9.17, 15) is 14.0 Å². The van der Waals surface area contributed by atoms with Crippen molar-refractivity contribution in [3.8, 4) is 5.75 Å². The van der Waals surface area contributed by atoms with Crippen LogP contribution in [0.15, 0.2) is 96.0 Å². The summed E-state index contributed by atoms with van der Waals surface area (Å²) in [5.41, 5.74) is 2.52. The SMILES string of the molecule is O=C1S/C(=C\c2cn(Cc3ccc(F)cc3Cl)c3ccccc23)C(=O)N1CCOc1cccc2ccccc12. The van der Waals surface area contributed by atoms with Crippen LogP contribution < -0.4 is 4.74 Å². The van der Waals surface area contributed by atoms with Gasteiger partial charge in [-0.05, 0) is 53.1 Å². The molecule has 39 heavy (non-hydrogen) atoms. The molecule has 1 aromatic heterocycles. The second-order valence-electron chi connectivity index (χ2n) is 9.12. The number of para-hydroxylation sites is 1. The molecule has 0 radical (unpaired) electrons. The van der Waals surface area contributed by atoms with E-state index >= 15 is 0 Å². The molecule has 2 heterocycles. The van der Waals surface area contributed by atoms with Crippen molar-refractivity contribution >= 4 is 62.3 Å². The Morgan fingerprint density at radius 3 is 2.54 bits per heavy atom. The summed E-state index contributed by atoms with van der Waals surface area (Å²) < 4.78 is 21.5. The van der Waals surface area contributed by atoms with Gasteiger partial charge in [-0.1, -0.05) is 72.3 Å². The Labute approximate surface area is 233 Å². The molecule has 1 saturated heterocycles. The molecule has 6 rings (SSSR count). The molecule has 2 amide bonds. The number of fused-ring (bicyclic) bond motifs is 2. The van der Waals surface area contributed by atoms with Gasteiger partial charge in [-0.3, -0.25) is 14.5 Å². The number of carbonyl (C=O) groups excluding carboxylic acids is 2. The first-order chi connectivity index (χ1) is 19.0. The van der Waals surface area contributed by atoms with Gasteiger partial charge in [0.15, 0.2) is 0 Å². The first kappa shape index (κ1) is 25.2. The van der Waals surface area contributed by atoms with E-state index < -0.39 is 0 Å². The van der Waals surface area contributed by atoms with Crippen molar-refractivity contribution in [3.05, 3.63) is 118 Å². The van der Waals surface area contributed by atoms with Crippen molar-refractivity contribution in [3.63, 3.8) is 0 Å². The summed E-state index contributed by atoms with van der Waals surface area (Å²) in [5.74, 6) is -0.0188. The van der Waals surface area contributed by atoms with E-state index in [4.69, 9.17) is 16.3 Å². The molecule has 0 saturated carbocycles. The number of hydrogen-bond donors (Lipinski definition) is 0. The van der Waals surface area contributed by atoms with Crippen LogP contribution >= 0.6 is 23.4 Å². The van der Waals surface area contributed by atoms with Gasteiger partial charge >= 0.3 is 0 Å². The number of rotatable bonds is 7. The summed E-state index contributed by atoms with van der Waals surface area (Å²) in [7, 11) is 0. The summed E-state index contributed by atoms with van der Waals surface area (Å²) in [6, 6.07) is 25.8. The van der Waals surface area contributed by atoms with Crippen LogP contribution in [0.1, 0.15) is 11.1 Å². The van der Waals surface area contributed by atoms with Crippen molar-refractivity contribution in [1.82, 2.24) is 9.47 Å². The Morgan fingerprint density at radius 1 is 0.923 bits per heavy atom. The smallest absolute Gasteiger partial charge is 0.293 e. The summed E-state index contributed by atoms with van der Waals surface area (Å²) in [4.78, 5) is 27.5. The number of nitrogens with zero attached hydrogens (tertiary/aromatic N) is 2. The Hall–Kier alpha value is -4.07. The van der Waals surface area contributed by atoms with Crippen LogP contribution in [0.25, 0.3) is 27.8 Å². The molecule has 4 aromatic carbocycles. The summed E-state index contributed by atoms with van der Waals surface area (Å²) >= 11 is 7.19. The van der Waals surface area contributed by atoms with Crippen molar-refractivity contribution in [2.45, 2.75) is 6.54 Å². The summed E-state index contributed by atoms with van der Waals surface area (Å²) in [6.45, 7) is 0.771. The number of aromatic nitrogens is 1. The molecule has 1 aliphatic rings. The van der Waals surface area contributed by atoms with Crippen LogP contribution in [0.5, 0.6) is 5.75 Å². The fraction of sp³-hybridized carbons (Fsp3) is 0.0968. The van der Waals surface area contributed by atoms with E-state index in [2.05, 4.69) is 0 Å². The van der Waals surface area contributed by atoms with Crippen LogP contribution in [-0.2, 0) is 11.3 Å². The fourth-order valence-corrected chi connectivity index (χ4v) is 5.84. The minimum absolute atomic E-state index is 0.149. The molecule has 5 aromatic rings. The molecule has 5 nitrogen and oxygen atoms in total. The third-order valence-electron chi connectivity index (χ3n) is 6.66. The normalized spacial score (nSPS) is 14.7. The third-order valence-corrected chi connectivity index (χ3v) is 7.92.